The van der Waals surface area contributed by atoms with Gasteiger partial charge in [-0.15, -0.1) is 0 Å². The number of hydrogen-bond acceptors (Lipinski definition) is 5. The highest BCUT2D eigenvalue weighted by Crippen LogP contribution is 1.92. The van der Waals surface area contributed by atoms with Gasteiger partial charge in [-0.05, 0) is 12.1 Å². The fourth-order valence-corrected chi connectivity index (χ4v) is 1.16. The molecular weight excluding hydrogens is 195 g/mol. The Bertz CT molecular complexity index is 431. The fraction of sp³-hybridized carbons (Fsp3) is 0.125. The zero-order valence-electron chi connectivity index (χ0n) is 7.85. The number of hydrogen-bond donors (Lipinski definition) is 2. The van der Waals surface area contributed by atoms with E-state index in [0.29, 0.717) is 12.4 Å². The van der Waals surface area contributed by atoms with Crippen LogP contribution in [-0.4, -0.2) is 36.9 Å². The molecule has 2 aromatic heterocycles. The molecule has 2 rings (SSSR count). The highest BCUT2D eigenvalue weighted by atomic mass is 16.4. The van der Waals surface area contributed by atoms with Crippen LogP contribution in [0, 0.1) is 0 Å². The Hall–Kier alpha value is -1.73. The van der Waals surface area contributed by atoms with Crippen LogP contribution in [0.15, 0.2) is 30.7 Å². The largest absolute Gasteiger partial charge is 0.510 e. The van der Waals surface area contributed by atoms with Gasteiger partial charge < -0.3 is 10.0 Å². The lowest BCUT2D eigenvalue weighted by molar-refractivity contribution is 0.423. The number of rotatable bonds is 3. The molecule has 0 amide bonds. The lowest BCUT2D eigenvalue weighted by atomic mass is 9.87. The van der Waals surface area contributed by atoms with E-state index in [2.05, 4.69) is 15.1 Å². The third kappa shape index (κ3) is 2.39. The van der Waals surface area contributed by atoms with Gasteiger partial charge in [0.1, 0.15) is 12.4 Å². The minimum Gasteiger partial charge on any atom is -0.422 e. The number of nitrogens with zero attached hydrogens (tertiary/aromatic N) is 4. The Morgan fingerprint density at radius 3 is 2.60 bits per heavy atom. The zero-order valence-corrected chi connectivity index (χ0v) is 7.85. The molecule has 7 heteroatoms. The lowest BCUT2D eigenvalue weighted by Gasteiger charge is -1.99. The number of aromatic nitrogens is 4. The van der Waals surface area contributed by atoms with Crippen molar-refractivity contribution in [2.75, 3.05) is 0 Å². The maximum atomic E-state index is 8.85. The van der Waals surface area contributed by atoms with Gasteiger partial charge in [0.15, 0.2) is 0 Å². The van der Waals surface area contributed by atoms with Crippen LogP contribution in [0.5, 0.6) is 0 Å². The summed E-state index contributed by atoms with van der Waals surface area (Å²) in [5.74, 6) is 0.625. The van der Waals surface area contributed by atoms with Gasteiger partial charge in [0.05, 0.1) is 5.59 Å². The van der Waals surface area contributed by atoms with Gasteiger partial charge in [0.25, 0.3) is 0 Å². The Morgan fingerprint density at radius 1 is 1.27 bits per heavy atom. The summed E-state index contributed by atoms with van der Waals surface area (Å²) in [5.41, 5.74) is 0.214. The summed E-state index contributed by atoms with van der Waals surface area (Å²) in [6.07, 6.45) is 4.94. The normalized spacial score (nSPS) is 10.3. The molecule has 76 valence electrons. The molecule has 0 aromatic carbocycles. The minimum atomic E-state index is -1.54. The second kappa shape index (κ2) is 4.20. The van der Waals surface area contributed by atoms with Crippen LogP contribution in [0.25, 0.3) is 0 Å². The molecule has 0 aliphatic carbocycles. The van der Waals surface area contributed by atoms with Crippen LogP contribution < -0.4 is 5.59 Å². The van der Waals surface area contributed by atoms with Crippen LogP contribution >= 0.6 is 0 Å². The molecule has 0 spiro atoms. The van der Waals surface area contributed by atoms with E-state index in [9.17, 15) is 0 Å². The Labute approximate surface area is 86.4 Å². The summed E-state index contributed by atoms with van der Waals surface area (Å²) in [4.78, 5) is 8.06. The van der Waals surface area contributed by atoms with Crippen molar-refractivity contribution in [2.45, 2.75) is 6.54 Å². The van der Waals surface area contributed by atoms with Gasteiger partial charge in [-0.3, -0.25) is 4.68 Å². The van der Waals surface area contributed by atoms with E-state index >= 15 is 0 Å². The van der Waals surface area contributed by atoms with Crippen molar-refractivity contribution < 1.29 is 10.0 Å². The van der Waals surface area contributed by atoms with Gasteiger partial charge in [0.2, 0.25) is 0 Å². The first-order chi connectivity index (χ1) is 7.25. The first kappa shape index (κ1) is 9.82. The Balaban J connectivity index is 2.12. The second-order valence-corrected chi connectivity index (χ2v) is 2.98. The average Bonchev–Trinajstić information content (AvgIpc) is 2.68. The molecule has 0 aliphatic heterocycles. The molecule has 0 bridgehead atoms. The van der Waals surface area contributed by atoms with Crippen molar-refractivity contribution >= 4 is 12.7 Å². The van der Waals surface area contributed by atoms with Crippen molar-refractivity contribution in [3.05, 3.63) is 36.5 Å². The fourth-order valence-electron chi connectivity index (χ4n) is 1.16. The summed E-state index contributed by atoms with van der Waals surface area (Å²) in [6.45, 7) is 0.410. The van der Waals surface area contributed by atoms with Gasteiger partial charge in [-0.2, -0.15) is 5.10 Å². The molecule has 0 fully saturated rings. The van der Waals surface area contributed by atoms with E-state index in [1.54, 1.807) is 29.3 Å². The molecule has 2 aromatic rings. The SMILES string of the molecule is OB(O)c1ccn(Cc2ncccn2)n1. The van der Waals surface area contributed by atoms with Gasteiger partial charge in [0, 0.05) is 18.6 Å². The van der Waals surface area contributed by atoms with E-state index < -0.39 is 7.12 Å². The molecule has 0 aliphatic rings. The minimum absolute atomic E-state index is 0.214. The van der Waals surface area contributed by atoms with Crippen molar-refractivity contribution in [3.8, 4) is 0 Å². The molecule has 0 saturated carbocycles. The predicted molar refractivity (Wildman–Crippen MR) is 53.2 cm³/mol. The van der Waals surface area contributed by atoms with Gasteiger partial charge in [-0.1, -0.05) is 0 Å². The molecule has 15 heavy (non-hydrogen) atoms. The van der Waals surface area contributed by atoms with Crippen molar-refractivity contribution in [1.82, 2.24) is 19.7 Å². The van der Waals surface area contributed by atoms with Gasteiger partial charge >= 0.3 is 7.12 Å². The van der Waals surface area contributed by atoms with E-state index in [0.717, 1.165) is 0 Å². The van der Waals surface area contributed by atoms with Crippen molar-refractivity contribution in [1.29, 1.82) is 0 Å². The molecule has 0 radical (unpaired) electrons. The first-order valence-corrected chi connectivity index (χ1v) is 4.41. The van der Waals surface area contributed by atoms with Gasteiger partial charge in [-0.25, -0.2) is 9.97 Å². The molecule has 2 N–H and O–H groups in total. The monoisotopic (exact) mass is 204 g/mol. The summed E-state index contributed by atoms with van der Waals surface area (Å²) in [6, 6.07) is 3.27. The third-order valence-electron chi connectivity index (χ3n) is 1.85. The Morgan fingerprint density at radius 2 is 2.00 bits per heavy atom. The van der Waals surface area contributed by atoms with Crippen LogP contribution in [-0.2, 0) is 6.54 Å². The van der Waals surface area contributed by atoms with Crippen molar-refractivity contribution in [3.63, 3.8) is 0 Å². The highest BCUT2D eigenvalue weighted by Gasteiger charge is 2.14. The summed E-state index contributed by atoms with van der Waals surface area (Å²) < 4.78 is 1.55. The first-order valence-electron chi connectivity index (χ1n) is 4.41. The molecule has 0 saturated heterocycles. The third-order valence-corrected chi connectivity index (χ3v) is 1.85. The highest BCUT2D eigenvalue weighted by molar-refractivity contribution is 6.57. The van der Waals surface area contributed by atoms with E-state index in [1.165, 1.54) is 6.07 Å². The quantitative estimate of drug-likeness (QED) is 0.588. The maximum Gasteiger partial charge on any atom is 0.510 e. The molecule has 0 unspecified atom stereocenters. The summed E-state index contributed by atoms with van der Waals surface area (Å²) >= 11 is 0. The van der Waals surface area contributed by atoms with E-state index in [-0.39, 0.29) is 5.59 Å². The van der Waals surface area contributed by atoms with Crippen LogP contribution in [0.2, 0.25) is 0 Å². The molecule has 6 nitrogen and oxygen atoms in total. The topological polar surface area (TPSA) is 84.1 Å². The van der Waals surface area contributed by atoms with Crippen LogP contribution in [0.4, 0.5) is 0 Å². The van der Waals surface area contributed by atoms with Crippen LogP contribution in [0.1, 0.15) is 5.82 Å². The Kier molecular flexibility index (Phi) is 2.75. The zero-order chi connectivity index (χ0) is 10.7. The van der Waals surface area contributed by atoms with Crippen LogP contribution in [0.3, 0.4) is 0 Å². The maximum absolute atomic E-state index is 8.85. The standard InChI is InChI=1S/C8H9BN4O2/c14-9(15)7-2-5-13(12-7)6-8-10-3-1-4-11-8/h1-5,14-15H,6H2. The molecule has 0 atom stereocenters. The van der Waals surface area contributed by atoms with E-state index in [1.807, 2.05) is 0 Å². The summed E-state index contributed by atoms with van der Waals surface area (Å²) in [5, 5.41) is 21.6. The predicted octanol–water partition coefficient (Wildman–Crippen LogP) is -1.60. The average molecular weight is 204 g/mol. The smallest absolute Gasteiger partial charge is 0.422 e. The van der Waals surface area contributed by atoms with Crippen molar-refractivity contribution in [2.24, 2.45) is 0 Å². The van der Waals surface area contributed by atoms with E-state index in [4.69, 9.17) is 10.0 Å². The second-order valence-electron chi connectivity index (χ2n) is 2.98. The summed E-state index contributed by atoms with van der Waals surface area (Å²) in [7, 11) is -1.54. The molecular formula is C8H9BN4O2. The lowest BCUT2D eigenvalue weighted by Crippen LogP contribution is -2.31. The molecule has 2 heterocycles.